The van der Waals surface area contributed by atoms with Gasteiger partial charge in [0.15, 0.2) is 17.9 Å². The fourth-order valence-electron chi connectivity index (χ4n) is 1.39. The molecule has 0 saturated carbocycles. The fraction of sp³-hybridized carbons (Fsp3) is 0.273. The van der Waals surface area contributed by atoms with Crippen LogP contribution in [0, 0.1) is 5.82 Å². The van der Waals surface area contributed by atoms with Gasteiger partial charge in [-0.1, -0.05) is 11.2 Å². The molecule has 0 fully saturated rings. The van der Waals surface area contributed by atoms with Crippen LogP contribution in [-0.4, -0.2) is 21.8 Å². The third kappa shape index (κ3) is 3.25. The molecule has 0 aliphatic carbocycles. The Kier molecular flexibility index (Phi) is 3.66. The second kappa shape index (κ2) is 5.40. The highest BCUT2D eigenvalue weighted by Gasteiger charge is 2.02. The highest BCUT2D eigenvalue weighted by Crippen LogP contribution is 2.15. The molecule has 2 aromatic rings. The lowest BCUT2D eigenvalue weighted by atomic mass is 10.2. The molecule has 0 amide bonds. The number of benzene rings is 1. The van der Waals surface area contributed by atoms with E-state index in [1.807, 2.05) is 0 Å². The molecule has 1 aromatic carbocycles. The summed E-state index contributed by atoms with van der Waals surface area (Å²) in [5, 5.41) is 15.6. The van der Waals surface area contributed by atoms with Crippen LogP contribution in [0.15, 0.2) is 29.0 Å². The van der Waals surface area contributed by atoms with Gasteiger partial charge < -0.3 is 14.9 Å². The number of nitrogens with zero attached hydrogens (tertiary/aromatic N) is 2. The first-order valence-corrected chi connectivity index (χ1v) is 5.19. The number of aromatic hydroxyl groups is 1. The predicted octanol–water partition coefficient (Wildman–Crippen LogP) is 1.25. The molecule has 2 N–H and O–H groups in total. The van der Waals surface area contributed by atoms with Gasteiger partial charge >= 0.3 is 0 Å². The summed E-state index contributed by atoms with van der Waals surface area (Å²) in [6.07, 6.45) is 1.98. The predicted molar refractivity (Wildman–Crippen MR) is 57.8 cm³/mol. The van der Waals surface area contributed by atoms with Gasteiger partial charge in [-0.05, 0) is 17.7 Å². The number of phenolic OH excluding ortho intramolecular Hbond substituents is 1. The Bertz CT molecular complexity index is 474. The number of hydrogen-bond donors (Lipinski definition) is 2. The highest BCUT2D eigenvalue weighted by atomic mass is 19.1. The van der Waals surface area contributed by atoms with E-state index in [1.54, 1.807) is 6.07 Å². The van der Waals surface area contributed by atoms with Crippen LogP contribution in [0.25, 0.3) is 0 Å². The minimum Gasteiger partial charge on any atom is -0.505 e. The third-order valence-corrected chi connectivity index (χ3v) is 2.26. The molecular formula is C11H12FN3O2. The van der Waals surface area contributed by atoms with Crippen LogP contribution in [0.2, 0.25) is 0 Å². The average molecular weight is 237 g/mol. The molecule has 90 valence electrons. The summed E-state index contributed by atoms with van der Waals surface area (Å²) in [5.41, 5.74) is 0.769. The van der Waals surface area contributed by atoms with Crippen LogP contribution >= 0.6 is 0 Å². The van der Waals surface area contributed by atoms with Crippen molar-refractivity contribution in [1.82, 2.24) is 15.5 Å². The Labute approximate surface area is 97.3 Å². The van der Waals surface area contributed by atoms with Crippen molar-refractivity contribution in [3.63, 3.8) is 0 Å². The topological polar surface area (TPSA) is 71.2 Å². The zero-order valence-electron chi connectivity index (χ0n) is 9.06. The zero-order valence-corrected chi connectivity index (χ0v) is 9.06. The van der Waals surface area contributed by atoms with Crippen LogP contribution in [0.1, 0.15) is 11.5 Å². The average Bonchev–Trinajstić information content (AvgIpc) is 2.82. The molecule has 5 nitrogen and oxygen atoms in total. The number of rotatable bonds is 5. The van der Waals surface area contributed by atoms with Crippen molar-refractivity contribution >= 4 is 0 Å². The SMILES string of the molecule is Oc1ccc(CNCCc2ncno2)cc1F. The van der Waals surface area contributed by atoms with Crippen molar-refractivity contribution in [1.29, 1.82) is 0 Å². The Morgan fingerprint density at radius 2 is 2.29 bits per heavy atom. The van der Waals surface area contributed by atoms with E-state index in [2.05, 4.69) is 15.5 Å². The number of hydrogen-bond acceptors (Lipinski definition) is 5. The Hall–Kier alpha value is -1.95. The molecule has 0 atom stereocenters. The summed E-state index contributed by atoms with van der Waals surface area (Å²) in [5.74, 6) is -0.379. The number of nitrogens with one attached hydrogen (secondary N) is 1. The zero-order chi connectivity index (χ0) is 12.1. The van der Waals surface area contributed by atoms with Gasteiger partial charge in [0.1, 0.15) is 0 Å². The minimum absolute atomic E-state index is 0.334. The molecule has 1 aromatic heterocycles. The van der Waals surface area contributed by atoms with Gasteiger partial charge in [-0.25, -0.2) is 4.39 Å². The molecule has 0 radical (unpaired) electrons. The molecule has 1 heterocycles. The molecule has 0 unspecified atom stereocenters. The number of halogens is 1. The van der Waals surface area contributed by atoms with Crippen molar-refractivity contribution in [3.05, 3.63) is 41.8 Å². The lowest BCUT2D eigenvalue weighted by molar-refractivity contribution is 0.375. The number of phenols is 1. The van der Waals surface area contributed by atoms with Gasteiger partial charge in [0, 0.05) is 19.5 Å². The summed E-state index contributed by atoms with van der Waals surface area (Å²) in [6.45, 7) is 1.18. The smallest absolute Gasteiger partial charge is 0.227 e. The van der Waals surface area contributed by atoms with Crippen molar-refractivity contribution < 1.29 is 14.0 Å². The van der Waals surface area contributed by atoms with Crippen LogP contribution in [0.5, 0.6) is 5.75 Å². The van der Waals surface area contributed by atoms with Crippen LogP contribution in [-0.2, 0) is 13.0 Å². The van der Waals surface area contributed by atoms with E-state index in [9.17, 15) is 4.39 Å². The Morgan fingerprint density at radius 1 is 1.41 bits per heavy atom. The lowest BCUT2D eigenvalue weighted by Gasteiger charge is -2.04. The second-order valence-electron chi connectivity index (χ2n) is 3.55. The molecule has 0 aliphatic rings. The maximum Gasteiger partial charge on any atom is 0.227 e. The van der Waals surface area contributed by atoms with E-state index in [4.69, 9.17) is 9.63 Å². The molecular weight excluding hydrogens is 225 g/mol. The molecule has 0 saturated heterocycles. The first-order chi connectivity index (χ1) is 8.25. The van der Waals surface area contributed by atoms with Crippen molar-refractivity contribution in [2.45, 2.75) is 13.0 Å². The monoisotopic (exact) mass is 237 g/mol. The van der Waals surface area contributed by atoms with Gasteiger partial charge in [0.25, 0.3) is 0 Å². The van der Waals surface area contributed by atoms with Crippen LogP contribution in [0.4, 0.5) is 4.39 Å². The third-order valence-electron chi connectivity index (χ3n) is 2.26. The van der Waals surface area contributed by atoms with Crippen LogP contribution in [0.3, 0.4) is 0 Å². The van der Waals surface area contributed by atoms with Crippen molar-refractivity contribution in [2.24, 2.45) is 0 Å². The summed E-state index contributed by atoms with van der Waals surface area (Å²) >= 11 is 0. The van der Waals surface area contributed by atoms with E-state index in [1.165, 1.54) is 18.5 Å². The first kappa shape index (κ1) is 11.5. The highest BCUT2D eigenvalue weighted by molar-refractivity contribution is 5.27. The van der Waals surface area contributed by atoms with E-state index in [0.717, 1.165) is 5.56 Å². The van der Waals surface area contributed by atoms with Crippen LogP contribution < -0.4 is 5.32 Å². The second-order valence-corrected chi connectivity index (χ2v) is 3.55. The van der Waals surface area contributed by atoms with E-state index in [-0.39, 0.29) is 5.75 Å². The normalized spacial score (nSPS) is 10.6. The van der Waals surface area contributed by atoms with Gasteiger partial charge in [-0.2, -0.15) is 4.98 Å². The van der Waals surface area contributed by atoms with Crippen molar-refractivity contribution in [2.75, 3.05) is 6.54 Å². The summed E-state index contributed by atoms with van der Waals surface area (Å²) < 4.78 is 17.8. The van der Waals surface area contributed by atoms with E-state index in [0.29, 0.717) is 25.4 Å². The van der Waals surface area contributed by atoms with Crippen molar-refractivity contribution in [3.8, 4) is 5.75 Å². The van der Waals surface area contributed by atoms with Gasteiger partial charge in [-0.3, -0.25) is 0 Å². The Balaban J connectivity index is 1.76. The van der Waals surface area contributed by atoms with E-state index < -0.39 is 5.82 Å². The maximum atomic E-state index is 13.0. The Morgan fingerprint density at radius 3 is 3.00 bits per heavy atom. The fourth-order valence-corrected chi connectivity index (χ4v) is 1.39. The molecule has 2 rings (SSSR count). The quantitative estimate of drug-likeness (QED) is 0.766. The molecule has 0 bridgehead atoms. The summed E-state index contributed by atoms with van der Waals surface area (Å²) in [6, 6.07) is 4.30. The summed E-state index contributed by atoms with van der Waals surface area (Å²) in [4.78, 5) is 3.88. The lowest BCUT2D eigenvalue weighted by Crippen LogP contribution is -2.16. The standard InChI is InChI=1S/C11H12FN3O2/c12-9-5-8(1-2-10(9)16)6-13-4-3-11-14-7-15-17-11/h1-2,5,7,13,16H,3-4,6H2. The molecule has 0 aliphatic heterocycles. The minimum atomic E-state index is -0.610. The molecule has 6 heteroatoms. The number of aromatic nitrogens is 2. The largest absolute Gasteiger partial charge is 0.505 e. The van der Waals surface area contributed by atoms with E-state index >= 15 is 0 Å². The van der Waals surface area contributed by atoms with Gasteiger partial charge in [-0.15, -0.1) is 0 Å². The molecule has 0 spiro atoms. The summed E-state index contributed by atoms with van der Waals surface area (Å²) in [7, 11) is 0. The maximum absolute atomic E-state index is 13.0. The van der Waals surface area contributed by atoms with Gasteiger partial charge in [0.05, 0.1) is 0 Å². The van der Waals surface area contributed by atoms with Gasteiger partial charge in [0.2, 0.25) is 5.89 Å². The molecule has 17 heavy (non-hydrogen) atoms. The first-order valence-electron chi connectivity index (χ1n) is 5.19.